The molecule has 1 aromatic heterocycles. The van der Waals surface area contributed by atoms with Crippen LogP contribution >= 0.6 is 0 Å². The molecule has 1 aromatic rings. The minimum absolute atomic E-state index is 0.502. The average Bonchev–Trinajstić information content (AvgIpc) is 2.86. The number of pyridine rings is 1. The normalized spacial score (nSPS) is 35.0. The minimum Gasteiger partial charge on any atom is -0.311 e. The maximum atomic E-state index is 5.16. The van der Waals surface area contributed by atoms with Crippen LogP contribution in [0.4, 0.5) is 0 Å². The summed E-state index contributed by atoms with van der Waals surface area (Å²) in [5.41, 5.74) is 4.05. The van der Waals surface area contributed by atoms with Crippen molar-refractivity contribution in [3.05, 3.63) is 29.1 Å². The highest BCUT2D eigenvalue weighted by Gasteiger charge is 2.28. The standard InChI is InChI=1S/C28H47N5/c1-20-17-29-25-11-5-6-12-26(25)30-18-23-15-22(21-9-3-2-4-10-21)16-24(33-23)19-31-27-13-7-8-14-28(27)32-20/h15-16,20-21,25-32H,2-14,17-19H2,1H3/t20-,25-,26-,27?,28?/m1/s1. The molecule has 3 aliphatic carbocycles. The van der Waals surface area contributed by atoms with Gasteiger partial charge in [0, 0.05) is 49.8 Å². The highest BCUT2D eigenvalue weighted by Crippen LogP contribution is 2.33. The van der Waals surface area contributed by atoms with Gasteiger partial charge >= 0.3 is 0 Å². The number of aromatic nitrogens is 1. The molecule has 4 N–H and O–H groups in total. The highest BCUT2D eigenvalue weighted by atomic mass is 15.1. The maximum Gasteiger partial charge on any atom is 0.0548 e. The molecule has 5 nitrogen and oxygen atoms in total. The lowest BCUT2D eigenvalue weighted by Gasteiger charge is -2.37. The third-order valence-electron chi connectivity index (χ3n) is 8.84. The van der Waals surface area contributed by atoms with Gasteiger partial charge in [-0.05, 0) is 69.1 Å². The fourth-order valence-corrected chi connectivity index (χ4v) is 6.95. The molecule has 5 rings (SSSR count). The maximum absolute atomic E-state index is 5.16. The van der Waals surface area contributed by atoms with Gasteiger partial charge in [-0.25, -0.2) is 0 Å². The summed E-state index contributed by atoms with van der Waals surface area (Å²) < 4.78 is 0. The second-order valence-corrected chi connectivity index (χ2v) is 11.5. The van der Waals surface area contributed by atoms with E-state index in [0.29, 0.717) is 30.2 Å². The summed E-state index contributed by atoms with van der Waals surface area (Å²) in [5, 5.41) is 15.8. The number of nitrogens with zero attached hydrogens (tertiary/aromatic N) is 1. The summed E-state index contributed by atoms with van der Waals surface area (Å²) in [5.74, 6) is 0.732. The van der Waals surface area contributed by atoms with E-state index in [4.69, 9.17) is 4.98 Å². The lowest BCUT2D eigenvalue weighted by Crippen LogP contribution is -2.56. The Morgan fingerprint density at radius 2 is 1.15 bits per heavy atom. The summed E-state index contributed by atoms with van der Waals surface area (Å²) in [4.78, 5) is 5.16. The highest BCUT2D eigenvalue weighted by molar-refractivity contribution is 5.26. The molecule has 0 aromatic carbocycles. The van der Waals surface area contributed by atoms with E-state index in [9.17, 15) is 0 Å². The zero-order chi connectivity index (χ0) is 22.5. The van der Waals surface area contributed by atoms with Crippen molar-refractivity contribution >= 4 is 0 Å². The molecule has 2 unspecified atom stereocenters. The van der Waals surface area contributed by atoms with Crippen LogP contribution < -0.4 is 21.3 Å². The SMILES string of the molecule is C[C@@H]1CN[C@@H]2CCCC[C@H]2NCc2cc(C3CCCCC3)cc(n2)CNC2CCCCC2N1. The third kappa shape index (κ3) is 6.36. The van der Waals surface area contributed by atoms with Crippen molar-refractivity contribution < 1.29 is 0 Å². The van der Waals surface area contributed by atoms with Gasteiger partial charge in [0.1, 0.15) is 0 Å². The van der Waals surface area contributed by atoms with Crippen LogP contribution in [0.5, 0.6) is 0 Å². The first-order valence-corrected chi connectivity index (χ1v) is 14.2. The molecule has 184 valence electrons. The summed E-state index contributed by atoms with van der Waals surface area (Å²) in [6.45, 7) is 5.22. The molecule has 0 saturated heterocycles. The smallest absolute Gasteiger partial charge is 0.0548 e. The van der Waals surface area contributed by atoms with Crippen LogP contribution in [0, 0.1) is 0 Å². The second-order valence-electron chi connectivity index (χ2n) is 11.5. The molecule has 4 aliphatic rings. The van der Waals surface area contributed by atoms with Gasteiger partial charge in [0.05, 0.1) is 11.4 Å². The van der Waals surface area contributed by atoms with Crippen molar-refractivity contribution in [2.24, 2.45) is 0 Å². The minimum atomic E-state index is 0.502. The fraction of sp³-hybridized carbons (Fsp3) is 0.821. The number of nitrogens with one attached hydrogen (secondary N) is 4. The van der Waals surface area contributed by atoms with Gasteiger partial charge in [-0.2, -0.15) is 0 Å². The van der Waals surface area contributed by atoms with E-state index in [1.165, 1.54) is 94.9 Å². The molecular formula is C28H47N5. The zero-order valence-electron chi connectivity index (χ0n) is 20.9. The lowest BCUT2D eigenvalue weighted by molar-refractivity contribution is 0.246. The fourth-order valence-electron chi connectivity index (χ4n) is 6.95. The Hall–Kier alpha value is -1.01. The Kier molecular flexibility index (Phi) is 8.35. The van der Waals surface area contributed by atoms with Gasteiger partial charge in [0.25, 0.3) is 0 Å². The zero-order valence-corrected chi connectivity index (χ0v) is 20.9. The van der Waals surface area contributed by atoms with Gasteiger partial charge < -0.3 is 21.3 Å². The quantitative estimate of drug-likeness (QED) is 0.504. The molecule has 2 bridgehead atoms. The van der Waals surface area contributed by atoms with Crippen molar-refractivity contribution in [3.8, 4) is 0 Å². The second kappa shape index (κ2) is 11.6. The van der Waals surface area contributed by atoms with Crippen LogP contribution in [0.3, 0.4) is 0 Å². The van der Waals surface area contributed by atoms with Crippen molar-refractivity contribution in [2.75, 3.05) is 6.54 Å². The average molecular weight is 454 g/mol. The predicted molar refractivity (Wildman–Crippen MR) is 136 cm³/mol. The van der Waals surface area contributed by atoms with Crippen molar-refractivity contribution in [2.45, 2.75) is 140 Å². The first kappa shape index (κ1) is 23.7. The monoisotopic (exact) mass is 453 g/mol. The van der Waals surface area contributed by atoms with Crippen LogP contribution in [0.1, 0.15) is 113 Å². The molecule has 0 spiro atoms. The summed E-state index contributed by atoms with van der Waals surface area (Å²) >= 11 is 0. The Morgan fingerprint density at radius 1 is 0.636 bits per heavy atom. The topological polar surface area (TPSA) is 61.0 Å². The molecule has 0 radical (unpaired) electrons. The Morgan fingerprint density at radius 3 is 1.79 bits per heavy atom. The van der Waals surface area contributed by atoms with Crippen LogP contribution in [-0.4, -0.2) is 41.7 Å². The van der Waals surface area contributed by atoms with E-state index in [0.717, 1.165) is 25.6 Å². The Balaban J connectivity index is 1.39. The molecule has 5 heteroatoms. The first-order valence-electron chi connectivity index (χ1n) is 14.2. The number of rotatable bonds is 1. The molecule has 2 heterocycles. The summed E-state index contributed by atoms with van der Waals surface area (Å²) in [7, 11) is 0. The number of fused-ring (bicyclic) bond motifs is 4. The van der Waals surface area contributed by atoms with Gasteiger partial charge in [-0.1, -0.05) is 44.9 Å². The molecular weight excluding hydrogens is 406 g/mol. The molecule has 0 amide bonds. The molecule has 1 aliphatic heterocycles. The summed E-state index contributed by atoms with van der Waals surface area (Å²) in [6.07, 6.45) is 17.4. The van der Waals surface area contributed by atoms with Gasteiger partial charge in [-0.3, -0.25) is 4.98 Å². The van der Waals surface area contributed by atoms with Crippen LogP contribution in [0.25, 0.3) is 0 Å². The van der Waals surface area contributed by atoms with Crippen molar-refractivity contribution in [3.63, 3.8) is 0 Å². The van der Waals surface area contributed by atoms with Crippen molar-refractivity contribution in [1.82, 2.24) is 26.3 Å². The van der Waals surface area contributed by atoms with Crippen LogP contribution in [-0.2, 0) is 13.1 Å². The Bertz CT molecular complexity index is 746. The largest absolute Gasteiger partial charge is 0.311 e. The Labute approximate surface area is 201 Å². The van der Waals surface area contributed by atoms with Gasteiger partial charge in [0.15, 0.2) is 0 Å². The van der Waals surface area contributed by atoms with E-state index in [1.807, 2.05) is 0 Å². The van der Waals surface area contributed by atoms with E-state index in [-0.39, 0.29) is 0 Å². The van der Waals surface area contributed by atoms with E-state index < -0.39 is 0 Å². The number of hydrogen-bond acceptors (Lipinski definition) is 5. The lowest BCUT2D eigenvalue weighted by atomic mass is 9.84. The van der Waals surface area contributed by atoms with Gasteiger partial charge in [-0.15, -0.1) is 0 Å². The predicted octanol–water partition coefficient (Wildman–Crippen LogP) is 4.51. The van der Waals surface area contributed by atoms with E-state index >= 15 is 0 Å². The van der Waals surface area contributed by atoms with Crippen LogP contribution in [0.2, 0.25) is 0 Å². The summed E-state index contributed by atoms with van der Waals surface area (Å²) in [6, 6.07) is 7.63. The third-order valence-corrected chi connectivity index (χ3v) is 8.84. The van der Waals surface area contributed by atoms with E-state index in [1.54, 1.807) is 5.56 Å². The molecule has 3 fully saturated rings. The number of hydrogen-bond donors (Lipinski definition) is 4. The van der Waals surface area contributed by atoms with Gasteiger partial charge in [0.2, 0.25) is 0 Å². The van der Waals surface area contributed by atoms with Crippen LogP contribution in [0.15, 0.2) is 12.1 Å². The molecule has 3 saturated carbocycles. The molecule has 5 atom stereocenters. The first-order chi connectivity index (χ1) is 16.2. The van der Waals surface area contributed by atoms with Crippen molar-refractivity contribution in [1.29, 1.82) is 0 Å². The van der Waals surface area contributed by atoms with E-state index in [2.05, 4.69) is 40.3 Å². The molecule has 33 heavy (non-hydrogen) atoms.